The molecule has 1 aromatic heterocycles. The second kappa shape index (κ2) is 8.34. The third kappa shape index (κ3) is 4.60. The van der Waals surface area contributed by atoms with Gasteiger partial charge in [0.15, 0.2) is 0 Å². The third-order valence-corrected chi connectivity index (χ3v) is 4.88. The Morgan fingerprint density at radius 3 is 2.62 bits per heavy atom. The first-order valence-electron chi connectivity index (χ1n) is 8.77. The van der Waals surface area contributed by atoms with E-state index in [0.717, 1.165) is 51.0 Å². The summed E-state index contributed by atoms with van der Waals surface area (Å²) >= 11 is 0. The van der Waals surface area contributed by atoms with E-state index in [1.807, 2.05) is 18.3 Å². The van der Waals surface area contributed by atoms with Crippen LogP contribution in [-0.4, -0.2) is 29.5 Å². The van der Waals surface area contributed by atoms with Gasteiger partial charge >= 0.3 is 0 Å². The summed E-state index contributed by atoms with van der Waals surface area (Å²) in [6, 6.07) is 10.1. The number of aromatic nitrogens is 1. The molecular weight excluding hydrogens is 306 g/mol. The summed E-state index contributed by atoms with van der Waals surface area (Å²) in [4.78, 5) is 6.83. The van der Waals surface area contributed by atoms with Crippen molar-refractivity contribution in [3.8, 4) is 0 Å². The summed E-state index contributed by atoms with van der Waals surface area (Å²) in [7, 11) is 0. The lowest BCUT2D eigenvalue weighted by molar-refractivity contribution is 0.170. The molecule has 1 aliphatic rings. The second-order valence-electron chi connectivity index (χ2n) is 6.62. The van der Waals surface area contributed by atoms with Gasteiger partial charge in [0.05, 0.1) is 0 Å². The van der Waals surface area contributed by atoms with Crippen molar-refractivity contribution in [2.45, 2.75) is 32.1 Å². The van der Waals surface area contributed by atoms with Crippen molar-refractivity contribution in [1.29, 1.82) is 0 Å². The smallest absolute Gasteiger partial charge is 0.129 e. The summed E-state index contributed by atoms with van der Waals surface area (Å²) in [6.45, 7) is 3.13. The van der Waals surface area contributed by atoms with Gasteiger partial charge in [0.25, 0.3) is 0 Å². The zero-order valence-electron chi connectivity index (χ0n) is 13.9. The second-order valence-corrected chi connectivity index (χ2v) is 6.62. The van der Waals surface area contributed by atoms with Crippen LogP contribution in [0.1, 0.15) is 30.5 Å². The molecular formula is C20H24F2N2. The van der Waals surface area contributed by atoms with Crippen molar-refractivity contribution in [2.75, 3.05) is 19.6 Å². The number of hydrogen-bond donors (Lipinski definition) is 0. The van der Waals surface area contributed by atoms with Crippen LogP contribution >= 0.6 is 0 Å². The van der Waals surface area contributed by atoms with Crippen LogP contribution in [0.2, 0.25) is 0 Å². The first-order valence-corrected chi connectivity index (χ1v) is 8.77. The summed E-state index contributed by atoms with van der Waals surface area (Å²) < 4.78 is 27.5. The minimum atomic E-state index is -0.419. The van der Waals surface area contributed by atoms with E-state index >= 15 is 0 Å². The first kappa shape index (κ1) is 17.0. The fourth-order valence-corrected chi connectivity index (χ4v) is 3.53. The molecule has 4 heteroatoms. The number of halogens is 2. The molecule has 0 saturated carbocycles. The fourth-order valence-electron chi connectivity index (χ4n) is 3.53. The quantitative estimate of drug-likeness (QED) is 0.787. The Bertz CT molecular complexity index is 625. The Balaban J connectivity index is 1.49. The predicted molar refractivity (Wildman–Crippen MR) is 91.8 cm³/mol. The molecule has 2 heterocycles. The van der Waals surface area contributed by atoms with Gasteiger partial charge < -0.3 is 4.90 Å². The highest BCUT2D eigenvalue weighted by atomic mass is 19.1. The highest BCUT2D eigenvalue weighted by molar-refractivity contribution is 5.19. The molecule has 1 atom stereocenters. The van der Waals surface area contributed by atoms with Gasteiger partial charge in [0, 0.05) is 37.0 Å². The van der Waals surface area contributed by atoms with Crippen LogP contribution in [0, 0.1) is 17.6 Å². The van der Waals surface area contributed by atoms with Gasteiger partial charge in [-0.3, -0.25) is 4.98 Å². The van der Waals surface area contributed by atoms with E-state index < -0.39 is 11.6 Å². The van der Waals surface area contributed by atoms with Gasteiger partial charge in [-0.25, -0.2) is 8.78 Å². The van der Waals surface area contributed by atoms with Crippen LogP contribution < -0.4 is 0 Å². The third-order valence-electron chi connectivity index (χ3n) is 4.88. The van der Waals surface area contributed by atoms with Crippen molar-refractivity contribution >= 4 is 0 Å². The summed E-state index contributed by atoms with van der Waals surface area (Å²) in [5.74, 6) is -0.322. The Kier molecular flexibility index (Phi) is 5.91. The SMILES string of the molecule is Fc1cccc(F)c1CCC1CCCN(CCc2ccccn2)C1. The largest absolute Gasteiger partial charge is 0.303 e. The maximum atomic E-state index is 13.7. The highest BCUT2D eigenvalue weighted by Gasteiger charge is 2.20. The van der Waals surface area contributed by atoms with E-state index in [1.54, 1.807) is 0 Å². The van der Waals surface area contributed by atoms with Crippen molar-refractivity contribution < 1.29 is 8.78 Å². The molecule has 1 fully saturated rings. The van der Waals surface area contributed by atoms with Crippen LogP contribution in [0.3, 0.4) is 0 Å². The minimum absolute atomic E-state index is 0.239. The normalized spacial score (nSPS) is 18.7. The number of nitrogens with zero attached hydrogens (tertiary/aromatic N) is 2. The lowest BCUT2D eigenvalue weighted by atomic mass is 9.91. The highest BCUT2D eigenvalue weighted by Crippen LogP contribution is 2.23. The number of pyridine rings is 1. The maximum Gasteiger partial charge on any atom is 0.129 e. The molecule has 24 heavy (non-hydrogen) atoms. The molecule has 2 nitrogen and oxygen atoms in total. The average molecular weight is 330 g/mol. The van der Waals surface area contributed by atoms with Crippen LogP contribution in [0.5, 0.6) is 0 Å². The number of likely N-dealkylation sites (tertiary alicyclic amines) is 1. The van der Waals surface area contributed by atoms with Crippen LogP contribution in [0.4, 0.5) is 8.78 Å². The predicted octanol–water partition coefficient (Wildman–Crippen LogP) is 4.25. The van der Waals surface area contributed by atoms with Gasteiger partial charge in [-0.15, -0.1) is 0 Å². The van der Waals surface area contributed by atoms with E-state index in [9.17, 15) is 8.78 Å². The molecule has 1 aromatic carbocycles. The molecule has 1 unspecified atom stereocenters. The van der Waals surface area contributed by atoms with Gasteiger partial charge in [0.1, 0.15) is 11.6 Å². The fraction of sp³-hybridized carbons (Fsp3) is 0.450. The lowest BCUT2D eigenvalue weighted by Crippen LogP contribution is -2.37. The Morgan fingerprint density at radius 1 is 1.04 bits per heavy atom. The lowest BCUT2D eigenvalue weighted by Gasteiger charge is -2.32. The number of hydrogen-bond acceptors (Lipinski definition) is 2. The van der Waals surface area contributed by atoms with E-state index in [4.69, 9.17) is 0 Å². The molecule has 1 saturated heterocycles. The van der Waals surface area contributed by atoms with E-state index in [0.29, 0.717) is 12.3 Å². The topological polar surface area (TPSA) is 16.1 Å². The molecule has 0 aliphatic carbocycles. The molecule has 128 valence electrons. The zero-order valence-corrected chi connectivity index (χ0v) is 13.9. The van der Waals surface area contributed by atoms with Gasteiger partial charge in [0.2, 0.25) is 0 Å². The van der Waals surface area contributed by atoms with Crippen molar-refractivity contribution in [3.05, 3.63) is 65.5 Å². The maximum absolute atomic E-state index is 13.7. The minimum Gasteiger partial charge on any atom is -0.303 e. The van der Waals surface area contributed by atoms with E-state index in [1.165, 1.54) is 18.2 Å². The number of rotatable bonds is 6. The van der Waals surface area contributed by atoms with E-state index in [2.05, 4.69) is 16.0 Å². The van der Waals surface area contributed by atoms with Crippen molar-refractivity contribution in [3.63, 3.8) is 0 Å². The Morgan fingerprint density at radius 2 is 1.88 bits per heavy atom. The molecule has 3 rings (SSSR count). The summed E-state index contributed by atoms with van der Waals surface area (Å²) in [5.41, 5.74) is 1.36. The average Bonchev–Trinajstić information content (AvgIpc) is 2.61. The van der Waals surface area contributed by atoms with Crippen LogP contribution in [0.25, 0.3) is 0 Å². The molecule has 0 bridgehead atoms. The van der Waals surface area contributed by atoms with Gasteiger partial charge in [-0.05, 0) is 62.4 Å². The van der Waals surface area contributed by atoms with Crippen LogP contribution in [0.15, 0.2) is 42.6 Å². The monoisotopic (exact) mass is 330 g/mol. The van der Waals surface area contributed by atoms with E-state index in [-0.39, 0.29) is 5.56 Å². The number of piperidine rings is 1. The molecule has 0 amide bonds. The van der Waals surface area contributed by atoms with Gasteiger partial charge in [-0.2, -0.15) is 0 Å². The molecule has 1 aliphatic heterocycles. The zero-order chi connectivity index (χ0) is 16.8. The Hall–Kier alpha value is -1.81. The van der Waals surface area contributed by atoms with Crippen LogP contribution in [-0.2, 0) is 12.8 Å². The molecule has 2 aromatic rings. The summed E-state index contributed by atoms with van der Waals surface area (Å²) in [6.07, 6.45) is 6.42. The first-order chi connectivity index (χ1) is 11.7. The molecule has 0 radical (unpaired) electrons. The summed E-state index contributed by atoms with van der Waals surface area (Å²) in [5, 5.41) is 0. The van der Waals surface area contributed by atoms with Crippen molar-refractivity contribution in [2.24, 2.45) is 5.92 Å². The number of benzene rings is 1. The molecule has 0 N–H and O–H groups in total. The van der Waals surface area contributed by atoms with Crippen molar-refractivity contribution in [1.82, 2.24) is 9.88 Å². The molecule has 0 spiro atoms. The Labute approximate surface area is 142 Å². The van der Waals surface area contributed by atoms with Gasteiger partial charge in [-0.1, -0.05) is 12.1 Å². The standard InChI is InChI=1S/C20H24F2N2/c21-19-7-3-8-20(22)18(19)10-9-16-5-4-13-24(15-16)14-11-17-6-1-2-12-23-17/h1-3,6-8,12,16H,4-5,9-11,13-15H2.